The molecule has 23 heavy (non-hydrogen) atoms. The SMILES string of the molecule is COc1cc(C=CC(=O)Nc2nc(C)cs2)ccc1OC(C)C. The van der Waals surface area contributed by atoms with Gasteiger partial charge < -0.3 is 9.47 Å². The van der Waals surface area contributed by atoms with Crippen LogP contribution in [0.4, 0.5) is 5.13 Å². The summed E-state index contributed by atoms with van der Waals surface area (Å²) in [5.41, 5.74) is 1.74. The third-order valence-corrected chi connectivity index (χ3v) is 3.70. The quantitative estimate of drug-likeness (QED) is 0.815. The number of nitrogens with zero attached hydrogens (tertiary/aromatic N) is 1. The third kappa shape index (κ3) is 5.10. The smallest absolute Gasteiger partial charge is 0.250 e. The molecule has 1 aromatic carbocycles. The van der Waals surface area contributed by atoms with Gasteiger partial charge >= 0.3 is 0 Å². The van der Waals surface area contributed by atoms with E-state index in [-0.39, 0.29) is 12.0 Å². The van der Waals surface area contributed by atoms with Crippen LogP contribution < -0.4 is 14.8 Å². The fraction of sp³-hybridized carbons (Fsp3) is 0.294. The summed E-state index contributed by atoms with van der Waals surface area (Å²) in [5.74, 6) is 1.10. The van der Waals surface area contributed by atoms with Crippen molar-refractivity contribution in [2.24, 2.45) is 0 Å². The highest BCUT2D eigenvalue weighted by atomic mass is 32.1. The lowest BCUT2D eigenvalue weighted by Gasteiger charge is -2.13. The molecule has 1 aromatic heterocycles. The lowest BCUT2D eigenvalue weighted by molar-refractivity contribution is -0.111. The highest BCUT2D eigenvalue weighted by Gasteiger charge is 2.07. The molecule has 1 heterocycles. The number of anilines is 1. The van der Waals surface area contributed by atoms with Crippen molar-refractivity contribution in [2.45, 2.75) is 26.9 Å². The van der Waals surface area contributed by atoms with Crippen LogP contribution in [0.5, 0.6) is 11.5 Å². The molecule has 0 atom stereocenters. The van der Waals surface area contributed by atoms with Crippen LogP contribution in [0.3, 0.4) is 0 Å². The third-order valence-electron chi connectivity index (χ3n) is 2.83. The van der Waals surface area contributed by atoms with Gasteiger partial charge in [0.15, 0.2) is 16.6 Å². The number of rotatable bonds is 6. The summed E-state index contributed by atoms with van der Waals surface area (Å²) < 4.78 is 11.0. The standard InChI is InChI=1S/C17H20N2O3S/c1-11(2)22-14-7-5-13(9-15(14)21-4)6-8-16(20)19-17-18-12(3)10-23-17/h5-11H,1-4H3,(H,18,19,20). The number of aromatic nitrogens is 1. The first-order valence-corrected chi connectivity index (χ1v) is 8.12. The van der Waals surface area contributed by atoms with Crippen molar-refractivity contribution >= 4 is 28.5 Å². The Morgan fingerprint density at radius 2 is 2.13 bits per heavy atom. The minimum Gasteiger partial charge on any atom is -0.493 e. The van der Waals surface area contributed by atoms with Crippen LogP contribution in [0.2, 0.25) is 0 Å². The molecular weight excluding hydrogens is 312 g/mol. The average molecular weight is 332 g/mol. The van der Waals surface area contributed by atoms with Crippen LogP contribution in [0.25, 0.3) is 6.08 Å². The number of ether oxygens (including phenoxy) is 2. The van der Waals surface area contributed by atoms with E-state index in [0.717, 1.165) is 11.3 Å². The highest BCUT2D eigenvalue weighted by molar-refractivity contribution is 7.13. The summed E-state index contributed by atoms with van der Waals surface area (Å²) in [5, 5.41) is 5.20. The molecule has 2 aromatic rings. The number of aryl methyl sites for hydroxylation is 1. The molecule has 2 rings (SSSR count). The van der Waals surface area contributed by atoms with E-state index in [9.17, 15) is 4.79 Å². The molecule has 0 radical (unpaired) electrons. The van der Waals surface area contributed by atoms with Crippen molar-refractivity contribution in [3.63, 3.8) is 0 Å². The first-order chi connectivity index (χ1) is 11.0. The predicted molar refractivity (Wildman–Crippen MR) is 93.3 cm³/mol. The molecule has 0 aliphatic carbocycles. The number of thiazole rings is 1. The van der Waals surface area contributed by atoms with E-state index in [2.05, 4.69) is 10.3 Å². The van der Waals surface area contributed by atoms with Crippen molar-refractivity contribution < 1.29 is 14.3 Å². The Morgan fingerprint density at radius 3 is 2.74 bits per heavy atom. The summed E-state index contributed by atoms with van der Waals surface area (Å²) in [6, 6.07) is 5.53. The molecule has 0 aliphatic heterocycles. The van der Waals surface area contributed by atoms with Crippen molar-refractivity contribution in [1.29, 1.82) is 0 Å². The Labute approximate surface area is 140 Å². The summed E-state index contributed by atoms with van der Waals surface area (Å²) in [6.07, 6.45) is 3.25. The number of nitrogens with one attached hydrogen (secondary N) is 1. The average Bonchev–Trinajstić information content (AvgIpc) is 2.90. The highest BCUT2D eigenvalue weighted by Crippen LogP contribution is 2.29. The number of hydrogen-bond donors (Lipinski definition) is 1. The fourth-order valence-corrected chi connectivity index (χ4v) is 2.56. The maximum Gasteiger partial charge on any atom is 0.250 e. The van der Waals surface area contributed by atoms with E-state index >= 15 is 0 Å². The van der Waals surface area contributed by atoms with Gasteiger partial charge in [0.1, 0.15) is 0 Å². The lowest BCUT2D eigenvalue weighted by Crippen LogP contribution is -2.07. The molecule has 0 saturated heterocycles. The molecule has 6 heteroatoms. The minimum atomic E-state index is -0.221. The number of amides is 1. The Kier molecular flexibility index (Phi) is 5.76. The van der Waals surface area contributed by atoms with E-state index in [1.165, 1.54) is 17.4 Å². The molecule has 5 nitrogen and oxygen atoms in total. The van der Waals surface area contributed by atoms with E-state index in [1.807, 2.05) is 44.4 Å². The predicted octanol–water partition coefficient (Wildman–Crippen LogP) is 3.90. The van der Waals surface area contributed by atoms with Crippen molar-refractivity contribution in [3.8, 4) is 11.5 Å². The van der Waals surface area contributed by atoms with E-state index in [1.54, 1.807) is 13.2 Å². The van der Waals surface area contributed by atoms with Crippen LogP contribution >= 0.6 is 11.3 Å². The van der Waals surface area contributed by atoms with Crippen LogP contribution in [-0.2, 0) is 4.79 Å². The Morgan fingerprint density at radius 1 is 1.35 bits per heavy atom. The van der Waals surface area contributed by atoms with E-state index in [0.29, 0.717) is 16.6 Å². The van der Waals surface area contributed by atoms with Gasteiger partial charge in [0, 0.05) is 11.5 Å². The van der Waals surface area contributed by atoms with Crippen molar-refractivity contribution in [2.75, 3.05) is 12.4 Å². The van der Waals surface area contributed by atoms with Gasteiger partial charge in [0.05, 0.1) is 18.9 Å². The van der Waals surface area contributed by atoms with Gasteiger partial charge in [-0.05, 0) is 44.5 Å². The molecule has 122 valence electrons. The molecule has 0 fully saturated rings. The first kappa shape index (κ1) is 17.0. The molecule has 1 N–H and O–H groups in total. The largest absolute Gasteiger partial charge is 0.493 e. The number of benzene rings is 1. The molecule has 0 unspecified atom stereocenters. The zero-order valence-corrected chi connectivity index (χ0v) is 14.4. The Balaban J connectivity index is 2.05. The van der Waals surface area contributed by atoms with Crippen LogP contribution in [0, 0.1) is 6.92 Å². The fourth-order valence-electron chi connectivity index (χ4n) is 1.87. The topological polar surface area (TPSA) is 60.5 Å². The van der Waals surface area contributed by atoms with Gasteiger partial charge in [-0.15, -0.1) is 11.3 Å². The van der Waals surface area contributed by atoms with Crippen molar-refractivity contribution in [1.82, 2.24) is 4.98 Å². The normalized spacial score (nSPS) is 11.0. The Bertz CT molecular complexity index is 708. The van der Waals surface area contributed by atoms with E-state index in [4.69, 9.17) is 9.47 Å². The monoisotopic (exact) mass is 332 g/mol. The molecule has 1 amide bonds. The maximum atomic E-state index is 11.9. The van der Waals surface area contributed by atoms with Gasteiger partial charge in [-0.3, -0.25) is 10.1 Å². The second-order valence-electron chi connectivity index (χ2n) is 5.19. The second-order valence-corrected chi connectivity index (χ2v) is 6.05. The molecule has 0 aliphatic rings. The minimum absolute atomic E-state index is 0.0674. The van der Waals surface area contributed by atoms with Gasteiger partial charge in [-0.2, -0.15) is 0 Å². The van der Waals surface area contributed by atoms with Crippen LogP contribution in [0.15, 0.2) is 29.7 Å². The lowest BCUT2D eigenvalue weighted by atomic mass is 10.2. The zero-order chi connectivity index (χ0) is 16.8. The molecule has 0 saturated carbocycles. The zero-order valence-electron chi connectivity index (χ0n) is 13.6. The summed E-state index contributed by atoms with van der Waals surface area (Å²) in [4.78, 5) is 16.1. The second kappa shape index (κ2) is 7.78. The summed E-state index contributed by atoms with van der Waals surface area (Å²) >= 11 is 1.40. The molecule has 0 spiro atoms. The Hall–Kier alpha value is -2.34. The van der Waals surface area contributed by atoms with Gasteiger partial charge in [-0.1, -0.05) is 6.07 Å². The van der Waals surface area contributed by atoms with Gasteiger partial charge in [0.25, 0.3) is 0 Å². The first-order valence-electron chi connectivity index (χ1n) is 7.24. The molecular formula is C17H20N2O3S. The van der Waals surface area contributed by atoms with E-state index < -0.39 is 0 Å². The number of carbonyl (C=O) groups is 1. The summed E-state index contributed by atoms with van der Waals surface area (Å²) in [7, 11) is 1.59. The van der Waals surface area contributed by atoms with Crippen LogP contribution in [0.1, 0.15) is 25.1 Å². The van der Waals surface area contributed by atoms with Crippen LogP contribution in [-0.4, -0.2) is 24.1 Å². The number of carbonyl (C=O) groups excluding carboxylic acids is 1. The molecule has 0 bridgehead atoms. The number of hydrogen-bond acceptors (Lipinski definition) is 5. The maximum absolute atomic E-state index is 11.9. The van der Waals surface area contributed by atoms with Crippen molar-refractivity contribution in [3.05, 3.63) is 40.9 Å². The summed E-state index contributed by atoms with van der Waals surface area (Å²) in [6.45, 7) is 5.80. The van der Waals surface area contributed by atoms with Gasteiger partial charge in [-0.25, -0.2) is 4.98 Å². The number of methoxy groups -OCH3 is 1. The van der Waals surface area contributed by atoms with Gasteiger partial charge in [0.2, 0.25) is 5.91 Å².